The normalized spacial score (nSPS) is 9.74. The van der Waals surface area contributed by atoms with Crippen molar-refractivity contribution in [3.05, 3.63) is 47.7 Å². The SMILES string of the molecule is CSNc1ccc(Oc2ccc(C#N)c(C)n2)cc1. The van der Waals surface area contributed by atoms with Crippen molar-refractivity contribution < 1.29 is 4.74 Å². The van der Waals surface area contributed by atoms with Crippen molar-refractivity contribution in [2.45, 2.75) is 6.92 Å². The van der Waals surface area contributed by atoms with Gasteiger partial charge in [0, 0.05) is 18.0 Å². The third kappa shape index (κ3) is 3.39. The summed E-state index contributed by atoms with van der Waals surface area (Å²) in [6.07, 6.45) is 1.97. The molecule has 2 rings (SSSR count). The van der Waals surface area contributed by atoms with E-state index in [1.54, 1.807) is 19.1 Å². The molecule has 1 aromatic heterocycles. The molecule has 96 valence electrons. The first-order valence-corrected chi connectivity index (χ1v) is 6.90. The van der Waals surface area contributed by atoms with E-state index in [0.717, 1.165) is 5.69 Å². The summed E-state index contributed by atoms with van der Waals surface area (Å²) in [4.78, 5) is 4.23. The fourth-order valence-corrected chi connectivity index (χ4v) is 1.91. The fourth-order valence-electron chi connectivity index (χ4n) is 1.54. The highest BCUT2D eigenvalue weighted by Gasteiger charge is 2.03. The number of nitrogens with zero attached hydrogens (tertiary/aromatic N) is 2. The molecule has 4 nitrogen and oxygen atoms in total. The summed E-state index contributed by atoms with van der Waals surface area (Å²) in [6, 6.07) is 13.1. The number of hydrogen-bond donors (Lipinski definition) is 1. The number of aromatic nitrogens is 1. The van der Waals surface area contributed by atoms with Crippen molar-refractivity contribution in [1.82, 2.24) is 4.98 Å². The Labute approximate surface area is 116 Å². The molecule has 0 radical (unpaired) electrons. The van der Waals surface area contributed by atoms with Crippen molar-refractivity contribution in [2.75, 3.05) is 11.0 Å². The maximum absolute atomic E-state index is 8.84. The van der Waals surface area contributed by atoms with Gasteiger partial charge in [0.1, 0.15) is 11.8 Å². The van der Waals surface area contributed by atoms with Crippen LogP contribution in [-0.2, 0) is 0 Å². The molecule has 1 heterocycles. The Morgan fingerprint density at radius 3 is 2.53 bits per heavy atom. The van der Waals surface area contributed by atoms with Crippen LogP contribution in [0.2, 0.25) is 0 Å². The highest BCUT2D eigenvalue weighted by Crippen LogP contribution is 2.23. The number of pyridine rings is 1. The summed E-state index contributed by atoms with van der Waals surface area (Å²) < 4.78 is 8.77. The topological polar surface area (TPSA) is 57.9 Å². The predicted molar refractivity (Wildman–Crippen MR) is 77.3 cm³/mol. The summed E-state index contributed by atoms with van der Waals surface area (Å²) >= 11 is 1.54. The number of benzene rings is 1. The first kappa shape index (κ1) is 13.2. The zero-order chi connectivity index (χ0) is 13.7. The van der Waals surface area contributed by atoms with E-state index in [2.05, 4.69) is 15.8 Å². The van der Waals surface area contributed by atoms with E-state index in [4.69, 9.17) is 10.00 Å². The minimum atomic E-state index is 0.488. The quantitative estimate of drug-likeness (QED) is 0.858. The zero-order valence-corrected chi connectivity index (χ0v) is 11.5. The largest absolute Gasteiger partial charge is 0.439 e. The summed E-state index contributed by atoms with van der Waals surface area (Å²) in [6.45, 7) is 1.79. The molecule has 1 aromatic carbocycles. The van der Waals surface area contributed by atoms with Gasteiger partial charge in [0.05, 0.1) is 11.3 Å². The van der Waals surface area contributed by atoms with E-state index in [1.165, 1.54) is 11.9 Å². The second-order valence-corrected chi connectivity index (χ2v) is 4.44. The molecule has 0 saturated carbocycles. The van der Waals surface area contributed by atoms with Crippen molar-refractivity contribution in [2.24, 2.45) is 0 Å². The average molecular weight is 271 g/mol. The summed E-state index contributed by atoms with van der Waals surface area (Å²) in [5, 5.41) is 8.84. The van der Waals surface area contributed by atoms with E-state index in [-0.39, 0.29) is 0 Å². The minimum absolute atomic E-state index is 0.488. The van der Waals surface area contributed by atoms with Crippen LogP contribution in [0.5, 0.6) is 11.6 Å². The van der Waals surface area contributed by atoms with Crippen LogP contribution in [0.3, 0.4) is 0 Å². The van der Waals surface area contributed by atoms with Crippen LogP contribution in [0.25, 0.3) is 0 Å². The molecule has 0 unspecified atom stereocenters. The lowest BCUT2D eigenvalue weighted by Crippen LogP contribution is -1.93. The lowest BCUT2D eigenvalue weighted by molar-refractivity contribution is 0.461. The van der Waals surface area contributed by atoms with Gasteiger partial charge in [-0.2, -0.15) is 5.26 Å². The number of nitriles is 1. The molecular weight excluding hydrogens is 258 g/mol. The smallest absolute Gasteiger partial charge is 0.219 e. The molecule has 0 aliphatic heterocycles. The van der Waals surface area contributed by atoms with Gasteiger partial charge in [-0.1, -0.05) is 11.9 Å². The number of ether oxygens (including phenoxy) is 1. The number of rotatable bonds is 4. The highest BCUT2D eigenvalue weighted by atomic mass is 32.2. The van der Waals surface area contributed by atoms with Gasteiger partial charge in [-0.15, -0.1) is 0 Å². The molecule has 0 aliphatic carbocycles. The lowest BCUT2D eigenvalue weighted by atomic mass is 10.2. The van der Waals surface area contributed by atoms with Gasteiger partial charge in [-0.05, 0) is 37.3 Å². The molecule has 0 amide bonds. The van der Waals surface area contributed by atoms with Gasteiger partial charge in [0.25, 0.3) is 0 Å². The van der Waals surface area contributed by atoms with Gasteiger partial charge in [0.2, 0.25) is 5.88 Å². The second-order valence-electron chi connectivity index (χ2n) is 3.83. The van der Waals surface area contributed by atoms with Crippen LogP contribution in [0.4, 0.5) is 5.69 Å². The summed E-state index contributed by atoms with van der Waals surface area (Å²) in [5.74, 6) is 1.20. The Kier molecular flexibility index (Phi) is 4.26. The van der Waals surface area contributed by atoms with Crippen LogP contribution in [0, 0.1) is 18.3 Å². The van der Waals surface area contributed by atoms with Gasteiger partial charge >= 0.3 is 0 Å². The van der Waals surface area contributed by atoms with Gasteiger partial charge in [-0.3, -0.25) is 0 Å². The minimum Gasteiger partial charge on any atom is -0.439 e. The van der Waals surface area contributed by atoms with Crippen molar-refractivity contribution in [3.63, 3.8) is 0 Å². The third-order valence-corrected chi connectivity index (χ3v) is 2.92. The first-order valence-electron chi connectivity index (χ1n) is 5.67. The molecule has 0 fully saturated rings. The molecule has 2 aromatic rings. The highest BCUT2D eigenvalue weighted by molar-refractivity contribution is 7.99. The maximum atomic E-state index is 8.84. The first-order chi connectivity index (χ1) is 9.22. The predicted octanol–water partition coefficient (Wildman–Crippen LogP) is 3.74. The Balaban J connectivity index is 2.13. The molecule has 0 atom stereocenters. The van der Waals surface area contributed by atoms with Gasteiger partial charge in [0.15, 0.2) is 0 Å². The Hall–Kier alpha value is -2.19. The molecule has 19 heavy (non-hydrogen) atoms. The van der Waals surface area contributed by atoms with E-state index in [0.29, 0.717) is 22.9 Å². The Morgan fingerprint density at radius 2 is 1.95 bits per heavy atom. The van der Waals surface area contributed by atoms with Crippen molar-refractivity contribution >= 4 is 17.6 Å². The van der Waals surface area contributed by atoms with Crippen LogP contribution in [0.15, 0.2) is 36.4 Å². The fraction of sp³-hybridized carbons (Fsp3) is 0.143. The number of aryl methyl sites for hydroxylation is 1. The maximum Gasteiger partial charge on any atom is 0.219 e. The lowest BCUT2D eigenvalue weighted by Gasteiger charge is -2.07. The van der Waals surface area contributed by atoms with E-state index in [1.807, 2.05) is 30.5 Å². The van der Waals surface area contributed by atoms with Crippen LogP contribution < -0.4 is 9.46 Å². The number of nitrogens with one attached hydrogen (secondary N) is 1. The van der Waals surface area contributed by atoms with E-state index in [9.17, 15) is 0 Å². The summed E-state index contributed by atoms with van der Waals surface area (Å²) in [7, 11) is 0. The van der Waals surface area contributed by atoms with Crippen molar-refractivity contribution in [3.8, 4) is 17.7 Å². The molecular formula is C14H13N3OS. The Bertz CT molecular complexity index is 605. The van der Waals surface area contributed by atoms with E-state index < -0.39 is 0 Å². The van der Waals surface area contributed by atoms with Gasteiger partial charge < -0.3 is 9.46 Å². The third-order valence-electron chi connectivity index (χ3n) is 2.48. The molecule has 0 spiro atoms. The van der Waals surface area contributed by atoms with Crippen LogP contribution in [0.1, 0.15) is 11.3 Å². The zero-order valence-electron chi connectivity index (χ0n) is 10.7. The van der Waals surface area contributed by atoms with E-state index >= 15 is 0 Å². The molecule has 1 N–H and O–H groups in total. The monoisotopic (exact) mass is 271 g/mol. The number of hydrogen-bond acceptors (Lipinski definition) is 5. The van der Waals surface area contributed by atoms with Crippen LogP contribution in [-0.4, -0.2) is 11.2 Å². The van der Waals surface area contributed by atoms with Crippen molar-refractivity contribution in [1.29, 1.82) is 5.26 Å². The molecule has 0 aliphatic rings. The second kappa shape index (κ2) is 6.12. The molecule has 0 bridgehead atoms. The number of anilines is 1. The Morgan fingerprint density at radius 1 is 1.21 bits per heavy atom. The standard InChI is InChI=1S/C14H13N3OS/c1-10-11(9-15)3-8-14(16-10)18-13-6-4-12(5-7-13)17-19-2/h3-8,17H,1-2H3. The molecule has 5 heteroatoms. The average Bonchev–Trinajstić information content (AvgIpc) is 2.42. The summed E-state index contributed by atoms with van der Waals surface area (Å²) in [5.41, 5.74) is 2.25. The van der Waals surface area contributed by atoms with Crippen LogP contribution >= 0.6 is 11.9 Å². The molecule has 0 saturated heterocycles. The van der Waals surface area contributed by atoms with Gasteiger partial charge in [-0.25, -0.2) is 4.98 Å².